The van der Waals surface area contributed by atoms with Crippen molar-refractivity contribution >= 4 is 5.97 Å². The molecular formula is C11H11N3O2. The Bertz CT molecular complexity index is 502. The highest BCUT2D eigenvalue weighted by atomic mass is 16.5. The highest BCUT2D eigenvalue weighted by Crippen LogP contribution is 2.16. The summed E-state index contributed by atoms with van der Waals surface area (Å²) in [6.45, 7) is 0. The van der Waals surface area contributed by atoms with E-state index in [-0.39, 0.29) is 5.97 Å². The predicted octanol–water partition coefficient (Wildman–Crippen LogP) is 1.27. The van der Waals surface area contributed by atoms with E-state index in [1.165, 1.54) is 13.4 Å². The molecule has 1 aromatic carbocycles. The molecule has 0 unspecified atom stereocenters. The number of carbonyl (C=O) groups excluding carboxylic acids is 1. The molecule has 2 rings (SSSR count). The molecule has 5 nitrogen and oxygen atoms in total. The molecule has 0 atom stereocenters. The molecule has 0 aliphatic heterocycles. The van der Waals surface area contributed by atoms with Gasteiger partial charge in [-0.25, -0.2) is 14.5 Å². The molecule has 82 valence electrons. The van der Waals surface area contributed by atoms with E-state index in [1.807, 2.05) is 19.2 Å². The third kappa shape index (κ3) is 1.79. The van der Waals surface area contributed by atoms with Crippen molar-refractivity contribution in [2.24, 2.45) is 7.05 Å². The number of nitrogens with zero attached hydrogens (tertiary/aromatic N) is 3. The van der Waals surface area contributed by atoms with Crippen molar-refractivity contribution < 1.29 is 9.53 Å². The lowest BCUT2D eigenvalue weighted by Crippen LogP contribution is -2.01. The van der Waals surface area contributed by atoms with Crippen LogP contribution in [0.15, 0.2) is 30.6 Å². The standard InChI is InChI=1S/C11H11N3O2/c1-14-10(12-7-13-14)8-3-5-9(6-4-8)11(15)16-2/h3-7H,1-2H3. The monoisotopic (exact) mass is 217 g/mol. The summed E-state index contributed by atoms with van der Waals surface area (Å²) in [5.41, 5.74) is 1.43. The summed E-state index contributed by atoms with van der Waals surface area (Å²) in [4.78, 5) is 15.3. The first-order valence-corrected chi connectivity index (χ1v) is 4.75. The van der Waals surface area contributed by atoms with Gasteiger partial charge in [0.15, 0.2) is 5.82 Å². The van der Waals surface area contributed by atoms with Crippen LogP contribution in [0.2, 0.25) is 0 Å². The summed E-state index contributed by atoms with van der Waals surface area (Å²) in [7, 11) is 3.18. The van der Waals surface area contributed by atoms with E-state index in [0.717, 1.165) is 11.4 Å². The van der Waals surface area contributed by atoms with Gasteiger partial charge in [-0.15, -0.1) is 0 Å². The average molecular weight is 217 g/mol. The van der Waals surface area contributed by atoms with Gasteiger partial charge in [0.05, 0.1) is 12.7 Å². The molecular weight excluding hydrogens is 206 g/mol. The van der Waals surface area contributed by atoms with Crippen LogP contribution in [0.1, 0.15) is 10.4 Å². The predicted molar refractivity (Wildman–Crippen MR) is 57.8 cm³/mol. The normalized spacial score (nSPS) is 10.1. The van der Waals surface area contributed by atoms with Crippen LogP contribution >= 0.6 is 0 Å². The lowest BCUT2D eigenvalue weighted by Gasteiger charge is -2.02. The highest BCUT2D eigenvalue weighted by molar-refractivity contribution is 5.89. The summed E-state index contributed by atoms with van der Waals surface area (Å²) >= 11 is 0. The maximum Gasteiger partial charge on any atom is 0.337 e. The second kappa shape index (κ2) is 4.14. The Morgan fingerprint density at radius 2 is 2.00 bits per heavy atom. The summed E-state index contributed by atoms with van der Waals surface area (Å²) in [6, 6.07) is 7.04. The first-order chi connectivity index (χ1) is 7.72. The molecule has 0 bridgehead atoms. The minimum atomic E-state index is -0.343. The fourth-order valence-electron chi connectivity index (χ4n) is 1.43. The number of hydrogen-bond acceptors (Lipinski definition) is 4. The first kappa shape index (κ1) is 10.4. The second-order valence-electron chi connectivity index (χ2n) is 3.28. The Labute approximate surface area is 92.7 Å². The molecule has 1 aromatic heterocycles. The van der Waals surface area contributed by atoms with E-state index >= 15 is 0 Å². The van der Waals surface area contributed by atoms with Gasteiger partial charge in [0.1, 0.15) is 6.33 Å². The van der Waals surface area contributed by atoms with Crippen LogP contribution < -0.4 is 0 Å². The van der Waals surface area contributed by atoms with Crippen molar-refractivity contribution in [3.8, 4) is 11.4 Å². The third-order valence-corrected chi connectivity index (χ3v) is 2.28. The van der Waals surface area contributed by atoms with Crippen molar-refractivity contribution in [1.82, 2.24) is 14.8 Å². The van der Waals surface area contributed by atoms with E-state index in [9.17, 15) is 4.79 Å². The van der Waals surface area contributed by atoms with Crippen LogP contribution in [-0.4, -0.2) is 27.8 Å². The fraction of sp³-hybridized carbons (Fsp3) is 0.182. The van der Waals surface area contributed by atoms with Crippen molar-refractivity contribution in [3.05, 3.63) is 36.2 Å². The first-order valence-electron chi connectivity index (χ1n) is 4.75. The Morgan fingerprint density at radius 1 is 1.31 bits per heavy atom. The topological polar surface area (TPSA) is 57.0 Å². The smallest absolute Gasteiger partial charge is 0.337 e. The minimum absolute atomic E-state index is 0.343. The summed E-state index contributed by atoms with van der Waals surface area (Å²) < 4.78 is 6.29. The van der Waals surface area contributed by atoms with Gasteiger partial charge < -0.3 is 4.74 Å². The number of rotatable bonds is 2. The minimum Gasteiger partial charge on any atom is -0.465 e. The Balaban J connectivity index is 2.33. The summed E-state index contributed by atoms with van der Waals surface area (Å²) in [5.74, 6) is 0.418. The van der Waals surface area contributed by atoms with Crippen LogP contribution in [0.4, 0.5) is 0 Å². The molecule has 1 heterocycles. The number of aryl methyl sites for hydroxylation is 1. The Morgan fingerprint density at radius 3 is 2.50 bits per heavy atom. The average Bonchev–Trinajstić information content (AvgIpc) is 2.75. The van der Waals surface area contributed by atoms with E-state index in [2.05, 4.69) is 14.8 Å². The summed E-state index contributed by atoms with van der Waals surface area (Å²) in [6.07, 6.45) is 1.49. The quantitative estimate of drug-likeness (QED) is 0.711. The number of aromatic nitrogens is 3. The zero-order chi connectivity index (χ0) is 11.5. The molecule has 0 fully saturated rings. The van der Waals surface area contributed by atoms with Gasteiger partial charge in [0.25, 0.3) is 0 Å². The molecule has 2 aromatic rings. The molecule has 0 aliphatic rings. The van der Waals surface area contributed by atoms with Crippen molar-refractivity contribution in [2.45, 2.75) is 0 Å². The molecule has 0 saturated carbocycles. The second-order valence-corrected chi connectivity index (χ2v) is 3.28. The van der Waals surface area contributed by atoms with Crippen LogP contribution in [0, 0.1) is 0 Å². The lowest BCUT2D eigenvalue weighted by molar-refractivity contribution is 0.0601. The van der Waals surface area contributed by atoms with Crippen LogP contribution in [0.25, 0.3) is 11.4 Å². The Hall–Kier alpha value is -2.17. The van der Waals surface area contributed by atoms with Gasteiger partial charge in [-0.2, -0.15) is 5.10 Å². The maximum absolute atomic E-state index is 11.2. The van der Waals surface area contributed by atoms with Crippen LogP contribution in [-0.2, 0) is 11.8 Å². The molecule has 0 N–H and O–H groups in total. The SMILES string of the molecule is COC(=O)c1ccc(-c2ncnn2C)cc1. The third-order valence-electron chi connectivity index (χ3n) is 2.28. The molecule has 0 aliphatic carbocycles. The van der Waals surface area contributed by atoms with E-state index in [4.69, 9.17) is 0 Å². The summed E-state index contributed by atoms with van der Waals surface area (Å²) in [5, 5.41) is 3.98. The number of methoxy groups -OCH3 is 1. The molecule has 0 spiro atoms. The maximum atomic E-state index is 11.2. The zero-order valence-electron chi connectivity index (χ0n) is 9.04. The number of hydrogen-bond donors (Lipinski definition) is 0. The lowest BCUT2D eigenvalue weighted by atomic mass is 10.1. The molecule has 0 radical (unpaired) electrons. The number of esters is 1. The van der Waals surface area contributed by atoms with Gasteiger partial charge in [0, 0.05) is 12.6 Å². The van der Waals surface area contributed by atoms with Crippen molar-refractivity contribution in [2.75, 3.05) is 7.11 Å². The van der Waals surface area contributed by atoms with Gasteiger partial charge in [-0.05, 0) is 12.1 Å². The van der Waals surface area contributed by atoms with Crippen LogP contribution in [0.3, 0.4) is 0 Å². The Kier molecular flexibility index (Phi) is 2.68. The molecule has 5 heteroatoms. The highest BCUT2D eigenvalue weighted by Gasteiger charge is 2.07. The van der Waals surface area contributed by atoms with Gasteiger partial charge >= 0.3 is 5.97 Å². The number of ether oxygens (including phenoxy) is 1. The zero-order valence-corrected chi connectivity index (χ0v) is 9.04. The largest absolute Gasteiger partial charge is 0.465 e. The van der Waals surface area contributed by atoms with Gasteiger partial charge in [-0.3, -0.25) is 0 Å². The molecule has 0 saturated heterocycles. The van der Waals surface area contributed by atoms with Crippen molar-refractivity contribution in [1.29, 1.82) is 0 Å². The molecule has 0 amide bonds. The van der Waals surface area contributed by atoms with Crippen molar-refractivity contribution in [3.63, 3.8) is 0 Å². The van der Waals surface area contributed by atoms with E-state index in [1.54, 1.807) is 16.8 Å². The fourth-order valence-corrected chi connectivity index (χ4v) is 1.43. The van der Waals surface area contributed by atoms with Crippen LogP contribution in [0.5, 0.6) is 0 Å². The molecule has 16 heavy (non-hydrogen) atoms. The van der Waals surface area contributed by atoms with Gasteiger partial charge in [-0.1, -0.05) is 12.1 Å². The number of benzene rings is 1. The van der Waals surface area contributed by atoms with E-state index in [0.29, 0.717) is 5.56 Å². The van der Waals surface area contributed by atoms with Gasteiger partial charge in [0.2, 0.25) is 0 Å². The van der Waals surface area contributed by atoms with E-state index < -0.39 is 0 Å². The number of carbonyl (C=O) groups is 1.